The maximum Gasteiger partial charge on any atom is 0.261 e. The number of fused-ring (bicyclic) bond motifs is 1. The standard InChI is InChI=1S/C39H42N6O5/c1-6-10-30-34-31(13-8-16-39(34,3)4)38(50)45(37(30)49)24-22-42(26(2)46)19-9-18-41(5)21-23-44-35(47)28-12-7-11-27-32(43-20-17-40-25-43)15-14-29(33(27)28)36(44)48/h6-8,10-17,20,25H,9,18-19,21-24H2,1-5H3/b10-6-. The number of likely N-dealkylation sites (N-methyl/N-ethyl adjacent to an activating group) is 1. The largest absolute Gasteiger partial charge is 0.341 e. The first-order valence-corrected chi connectivity index (χ1v) is 16.9. The third kappa shape index (κ3) is 6.24. The lowest BCUT2D eigenvalue weighted by atomic mass is 9.72. The third-order valence-corrected chi connectivity index (χ3v) is 9.71. The molecule has 5 amide bonds. The number of aromatic nitrogens is 2. The van der Waals surface area contributed by atoms with Crippen molar-refractivity contribution in [2.24, 2.45) is 5.41 Å². The predicted molar refractivity (Wildman–Crippen MR) is 190 cm³/mol. The zero-order valence-corrected chi connectivity index (χ0v) is 29.2. The van der Waals surface area contributed by atoms with Gasteiger partial charge in [-0.3, -0.25) is 33.8 Å². The third-order valence-electron chi connectivity index (χ3n) is 9.71. The van der Waals surface area contributed by atoms with Crippen LogP contribution in [0.2, 0.25) is 0 Å². The van der Waals surface area contributed by atoms with Crippen LogP contribution in [-0.4, -0.2) is 105 Å². The normalized spacial score (nSPS) is 17.0. The molecule has 0 unspecified atom stereocenters. The van der Waals surface area contributed by atoms with Crippen LogP contribution in [0.5, 0.6) is 0 Å². The van der Waals surface area contributed by atoms with Gasteiger partial charge in [-0.05, 0) is 56.8 Å². The van der Waals surface area contributed by atoms with Gasteiger partial charge in [-0.15, -0.1) is 0 Å². The Balaban J connectivity index is 1.05. The van der Waals surface area contributed by atoms with Crippen LogP contribution in [0, 0.1) is 5.41 Å². The lowest BCUT2D eigenvalue weighted by Gasteiger charge is -2.38. The summed E-state index contributed by atoms with van der Waals surface area (Å²) in [6.07, 6.45) is 15.0. The van der Waals surface area contributed by atoms with E-state index < -0.39 is 5.41 Å². The number of amides is 5. The minimum absolute atomic E-state index is 0.0835. The van der Waals surface area contributed by atoms with E-state index in [0.717, 1.165) is 16.6 Å². The first-order valence-electron chi connectivity index (χ1n) is 16.9. The molecule has 3 aliphatic rings. The summed E-state index contributed by atoms with van der Waals surface area (Å²) in [4.78, 5) is 77.2. The Kier molecular flexibility index (Phi) is 9.53. The number of hydrogen-bond acceptors (Lipinski definition) is 7. The van der Waals surface area contributed by atoms with Crippen LogP contribution >= 0.6 is 0 Å². The highest BCUT2D eigenvalue weighted by atomic mass is 16.2. The SMILES string of the molecule is C/C=C\C1=C2C(=CC=CC2(C)C)C(=O)N(CCN(CCCN(C)CCN2C(=O)c3cccc4c(-n5ccnc5)ccc(c34)C2=O)C(C)=O)C1=O. The minimum atomic E-state index is -0.466. The summed E-state index contributed by atoms with van der Waals surface area (Å²) >= 11 is 0. The Bertz CT molecular complexity index is 2000. The van der Waals surface area contributed by atoms with Crippen LogP contribution in [0.4, 0.5) is 0 Å². The van der Waals surface area contributed by atoms with E-state index in [1.54, 1.807) is 47.8 Å². The summed E-state index contributed by atoms with van der Waals surface area (Å²) in [5.74, 6) is -1.50. The van der Waals surface area contributed by atoms with E-state index in [1.807, 2.05) is 73.8 Å². The molecule has 0 bridgehead atoms. The Morgan fingerprint density at radius 3 is 2.32 bits per heavy atom. The van der Waals surface area contributed by atoms with Gasteiger partial charge in [0.05, 0.1) is 12.0 Å². The van der Waals surface area contributed by atoms with Gasteiger partial charge in [0.1, 0.15) is 0 Å². The van der Waals surface area contributed by atoms with E-state index in [4.69, 9.17) is 0 Å². The molecule has 6 rings (SSSR count). The second-order valence-corrected chi connectivity index (χ2v) is 13.5. The number of rotatable bonds is 12. The van der Waals surface area contributed by atoms with Gasteiger partial charge in [0, 0.05) is 90.5 Å². The summed E-state index contributed by atoms with van der Waals surface area (Å²) in [5.41, 5.74) is 3.09. The van der Waals surface area contributed by atoms with Crippen molar-refractivity contribution in [3.05, 3.63) is 107 Å². The molecule has 0 radical (unpaired) electrons. The van der Waals surface area contributed by atoms with Gasteiger partial charge in [0.15, 0.2) is 0 Å². The van der Waals surface area contributed by atoms with Gasteiger partial charge >= 0.3 is 0 Å². The Hall–Kier alpha value is -5.42. The number of carbonyl (C=O) groups is 5. The van der Waals surface area contributed by atoms with E-state index in [0.29, 0.717) is 53.7 Å². The summed E-state index contributed by atoms with van der Waals surface area (Å²) in [6.45, 7) is 9.29. The average molecular weight is 675 g/mol. The van der Waals surface area contributed by atoms with Crippen molar-refractivity contribution in [3.63, 3.8) is 0 Å². The highest BCUT2D eigenvalue weighted by molar-refractivity contribution is 6.26. The zero-order valence-electron chi connectivity index (χ0n) is 29.2. The van der Waals surface area contributed by atoms with Crippen molar-refractivity contribution in [2.75, 3.05) is 46.3 Å². The van der Waals surface area contributed by atoms with Crippen molar-refractivity contribution in [1.29, 1.82) is 0 Å². The maximum absolute atomic E-state index is 13.6. The monoisotopic (exact) mass is 674 g/mol. The van der Waals surface area contributed by atoms with Gasteiger partial charge in [-0.1, -0.05) is 50.3 Å². The van der Waals surface area contributed by atoms with E-state index in [1.165, 1.54) is 16.7 Å². The van der Waals surface area contributed by atoms with Crippen molar-refractivity contribution in [3.8, 4) is 5.69 Å². The molecule has 0 fully saturated rings. The number of imidazole rings is 1. The van der Waals surface area contributed by atoms with Crippen molar-refractivity contribution < 1.29 is 24.0 Å². The smallest absolute Gasteiger partial charge is 0.261 e. The number of carbonyl (C=O) groups excluding carboxylic acids is 5. The fraction of sp³-hybridized carbons (Fsp3) is 0.333. The van der Waals surface area contributed by atoms with Gasteiger partial charge < -0.3 is 14.4 Å². The van der Waals surface area contributed by atoms with Crippen molar-refractivity contribution in [2.45, 2.75) is 34.1 Å². The lowest BCUT2D eigenvalue weighted by Crippen LogP contribution is -2.49. The van der Waals surface area contributed by atoms with Gasteiger partial charge in [-0.25, -0.2) is 4.98 Å². The number of hydrogen-bond donors (Lipinski definition) is 0. The molecule has 3 heterocycles. The van der Waals surface area contributed by atoms with Crippen LogP contribution in [0.15, 0.2) is 96.2 Å². The minimum Gasteiger partial charge on any atom is -0.341 e. The number of nitrogens with zero attached hydrogens (tertiary/aromatic N) is 6. The van der Waals surface area contributed by atoms with Crippen LogP contribution in [-0.2, 0) is 14.4 Å². The fourth-order valence-electron chi connectivity index (χ4n) is 7.11. The molecule has 0 saturated heterocycles. The summed E-state index contributed by atoms with van der Waals surface area (Å²) in [6, 6.07) is 9.15. The molecule has 11 nitrogen and oxygen atoms in total. The van der Waals surface area contributed by atoms with E-state index in [-0.39, 0.29) is 49.2 Å². The maximum atomic E-state index is 13.6. The van der Waals surface area contributed by atoms with Gasteiger partial charge in [-0.2, -0.15) is 0 Å². The van der Waals surface area contributed by atoms with Gasteiger partial charge in [0.25, 0.3) is 23.6 Å². The number of benzene rings is 2. The topological polar surface area (TPSA) is 116 Å². The Labute approximate surface area is 291 Å². The number of allylic oxidation sites excluding steroid dienone is 4. The Morgan fingerprint density at radius 1 is 0.900 bits per heavy atom. The van der Waals surface area contributed by atoms with Crippen molar-refractivity contribution >= 4 is 40.3 Å². The van der Waals surface area contributed by atoms with Crippen LogP contribution in [0.1, 0.15) is 54.8 Å². The second-order valence-electron chi connectivity index (χ2n) is 13.5. The number of imide groups is 2. The first kappa shape index (κ1) is 34.4. The fourth-order valence-corrected chi connectivity index (χ4v) is 7.11. The molecule has 0 N–H and O–H groups in total. The molecule has 1 aliphatic carbocycles. The molecule has 2 aromatic carbocycles. The summed E-state index contributed by atoms with van der Waals surface area (Å²) < 4.78 is 1.86. The molecule has 11 heteroatoms. The molecule has 3 aromatic rings. The average Bonchev–Trinajstić information content (AvgIpc) is 3.62. The molecule has 0 atom stereocenters. The lowest BCUT2D eigenvalue weighted by molar-refractivity contribution is -0.142. The van der Waals surface area contributed by atoms with Gasteiger partial charge in [0.2, 0.25) is 5.91 Å². The molecular weight excluding hydrogens is 632 g/mol. The van der Waals surface area contributed by atoms with Crippen LogP contribution in [0.3, 0.4) is 0 Å². The Morgan fingerprint density at radius 2 is 1.62 bits per heavy atom. The molecule has 1 aromatic heterocycles. The first-order chi connectivity index (χ1) is 23.9. The highest BCUT2D eigenvalue weighted by Crippen LogP contribution is 2.42. The van der Waals surface area contributed by atoms with E-state index in [9.17, 15) is 24.0 Å². The summed E-state index contributed by atoms with van der Waals surface area (Å²) in [5, 5.41) is 1.47. The summed E-state index contributed by atoms with van der Waals surface area (Å²) in [7, 11) is 1.91. The highest BCUT2D eigenvalue weighted by Gasteiger charge is 2.42. The van der Waals surface area contributed by atoms with E-state index in [2.05, 4.69) is 4.98 Å². The van der Waals surface area contributed by atoms with Crippen molar-refractivity contribution in [1.82, 2.24) is 29.2 Å². The molecule has 50 heavy (non-hydrogen) atoms. The van der Waals surface area contributed by atoms with E-state index >= 15 is 0 Å². The molecular formula is C39H42N6O5. The van der Waals surface area contributed by atoms with Crippen LogP contribution < -0.4 is 0 Å². The molecule has 258 valence electrons. The molecule has 2 aliphatic heterocycles. The second kappa shape index (κ2) is 13.8. The predicted octanol–water partition coefficient (Wildman–Crippen LogP) is 4.56. The van der Waals surface area contributed by atoms with Crippen LogP contribution in [0.25, 0.3) is 16.5 Å². The zero-order chi connectivity index (χ0) is 35.7. The molecule has 0 saturated carbocycles. The molecule has 0 spiro atoms. The quantitative estimate of drug-likeness (QED) is 0.259.